The molecule has 0 aliphatic rings. The van der Waals surface area contributed by atoms with E-state index in [1.807, 2.05) is 5.32 Å². The van der Waals surface area contributed by atoms with Crippen molar-refractivity contribution in [3.05, 3.63) is 29.1 Å². The lowest BCUT2D eigenvalue weighted by molar-refractivity contribution is 0.225. The second kappa shape index (κ2) is 7.00. The van der Waals surface area contributed by atoms with Crippen LogP contribution in [0.2, 0.25) is 6.04 Å². The van der Waals surface area contributed by atoms with Crippen LogP contribution in [0, 0.1) is 29.1 Å². The molecular formula is C10H11F5N2O4Si. The second-order valence-corrected chi connectivity index (χ2v) is 6.25. The summed E-state index contributed by atoms with van der Waals surface area (Å²) in [5, 5.41) is 3.44. The van der Waals surface area contributed by atoms with E-state index >= 15 is 0 Å². The van der Waals surface area contributed by atoms with Crippen LogP contribution in [-0.2, 0) is 0 Å². The van der Waals surface area contributed by atoms with Gasteiger partial charge in [-0.15, -0.1) is 0 Å². The van der Waals surface area contributed by atoms with E-state index in [0.29, 0.717) is 0 Å². The topological polar surface area (TPSA) is 102 Å². The van der Waals surface area contributed by atoms with Crippen molar-refractivity contribution >= 4 is 20.5 Å². The lowest BCUT2D eigenvalue weighted by atomic mass is 10.2. The Morgan fingerprint density at radius 1 is 0.909 bits per heavy atom. The van der Waals surface area contributed by atoms with E-state index in [2.05, 4.69) is 0 Å². The summed E-state index contributed by atoms with van der Waals surface area (Å²) in [6.45, 7) is -0.238. The number of anilines is 1. The van der Waals surface area contributed by atoms with Crippen LogP contribution in [0.1, 0.15) is 6.42 Å². The molecule has 0 fully saturated rings. The van der Waals surface area contributed by atoms with E-state index < -0.39 is 55.7 Å². The standard InChI is InChI=1S/C10H11F5N2O4Si/c11-4-5(12)7(14)9(8(15)6(4)13)17-10(18)16-2-1-3-22(19,20)21/h19-21H,1-3H2,(H2,16,17,18). The van der Waals surface area contributed by atoms with Gasteiger partial charge in [0.25, 0.3) is 0 Å². The molecule has 0 radical (unpaired) electrons. The Morgan fingerprint density at radius 3 is 1.82 bits per heavy atom. The number of carbonyl (C=O) groups is 1. The Kier molecular flexibility index (Phi) is 5.82. The van der Waals surface area contributed by atoms with Crippen molar-refractivity contribution in [2.45, 2.75) is 12.5 Å². The molecule has 0 bridgehead atoms. The van der Waals surface area contributed by atoms with Gasteiger partial charge in [-0.3, -0.25) is 0 Å². The maximum atomic E-state index is 13.3. The fourth-order valence-electron chi connectivity index (χ4n) is 1.40. The largest absolute Gasteiger partial charge is 0.492 e. The molecule has 0 saturated carbocycles. The molecule has 0 saturated heterocycles. The minimum absolute atomic E-state index is 0.0831. The third-order valence-electron chi connectivity index (χ3n) is 2.42. The zero-order valence-electron chi connectivity index (χ0n) is 10.8. The van der Waals surface area contributed by atoms with Crippen LogP contribution in [0.3, 0.4) is 0 Å². The first-order chi connectivity index (χ1) is 10.0. The van der Waals surface area contributed by atoms with E-state index in [1.165, 1.54) is 5.32 Å². The van der Waals surface area contributed by atoms with Crippen molar-refractivity contribution < 1.29 is 41.1 Å². The zero-order valence-corrected chi connectivity index (χ0v) is 11.8. The van der Waals surface area contributed by atoms with E-state index in [-0.39, 0.29) is 13.0 Å². The first-order valence-electron chi connectivity index (χ1n) is 5.78. The van der Waals surface area contributed by atoms with Gasteiger partial charge in [-0.1, -0.05) is 0 Å². The molecule has 5 N–H and O–H groups in total. The first kappa shape index (κ1) is 18.3. The summed E-state index contributed by atoms with van der Waals surface area (Å²) in [6, 6.07) is -1.68. The van der Waals surface area contributed by atoms with Crippen molar-refractivity contribution in [3.63, 3.8) is 0 Å². The van der Waals surface area contributed by atoms with Gasteiger partial charge in [0.05, 0.1) is 0 Å². The van der Waals surface area contributed by atoms with Crippen molar-refractivity contribution in [1.29, 1.82) is 0 Å². The second-order valence-electron chi connectivity index (χ2n) is 4.20. The first-order valence-corrected chi connectivity index (χ1v) is 7.83. The molecule has 1 rings (SSSR count). The third-order valence-corrected chi connectivity index (χ3v) is 3.45. The highest BCUT2D eigenvalue weighted by molar-refractivity contribution is 6.56. The Balaban J connectivity index is 2.70. The van der Waals surface area contributed by atoms with E-state index in [1.54, 1.807) is 0 Å². The fourth-order valence-corrected chi connectivity index (χ4v) is 2.05. The zero-order chi connectivity index (χ0) is 17.1. The molecule has 12 heteroatoms. The van der Waals surface area contributed by atoms with E-state index in [9.17, 15) is 26.7 Å². The number of hydrogen-bond acceptors (Lipinski definition) is 4. The van der Waals surface area contributed by atoms with Gasteiger partial charge in [-0.2, -0.15) is 0 Å². The Labute approximate surface area is 121 Å². The third kappa shape index (κ3) is 4.62. The molecule has 0 unspecified atom stereocenters. The van der Waals surface area contributed by atoms with Gasteiger partial charge < -0.3 is 25.0 Å². The molecule has 124 valence electrons. The van der Waals surface area contributed by atoms with Crippen LogP contribution in [0.15, 0.2) is 0 Å². The summed E-state index contributed by atoms with van der Waals surface area (Å²) in [5.41, 5.74) is -1.51. The van der Waals surface area contributed by atoms with E-state index in [0.717, 1.165) is 0 Å². The fraction of sp³-hybridized carbons (Fsp3) is 0.300. The number of halogens is 5. The predicted molar refractivity (Wildman–Crippen MR) is 65.1 cm³/mol. The van der Waals surface area contributed by atoms with Crippen molar-refractivity contribution in [1.82, 2.24) is 5.32 Å². The average Bonchev–Trinajstić information content (AvgIpc) is 2.43. The Hall–Kier alpha value is -1.76. The molecule has 0 heterocycles. The maximum Gasteiger partial charge on any atom is 0.492 e. The molecule has 0 aliphatic carbocycles. The van der Waals surface area contributed by atoms with Crippen LogP contribution in [0.25, 0.3) is 0 Å². The summed E-state index contributed by atoms with van der Waals surface area (Å²) >= 11 is 0. The van der Waals surface area contributed by atoms with Gasteiger partial charge in [-0.25, -0.2) is 26.7 Å². The van der Waals surface area contributed by atoms with Gasteiger partial charge in [0.2, 0.25) is 5.82 Å². The van der Waals surface area contributed by atoms with Crippen LogP contribution < -0.4 is 10.6 Å². The maximum absolute atomic E-state index is 13.3. The molecule has 1 aromatic carbocycles. The molecule has 2 amide bonds. The van der Waals surface area contributed by atoms with Crippen molar-refractivity contribution in [2.24, 2.45) is 0 Å². The molecule has 1 aromatic rings. The summed E-state index contributed by atoms with van der Waals surface area (Å²) in [5.74, 6) is -11.1. The lowest BCUT2D eigenvalue weighted by Gasteiger charge is -2.12. The average molecular weight is 346 g/mol. The number of rotatable bonds is 5. The number of hydrogen-bond donors (Lipinski definition) is 5. The number of urea groups is 1. The van der Waals surface area contributed by atoms with Crippen molar-refractivity contribution in [3.8, 4) is 0 Å². The highest BCUT2D eigenvalue weighted by Gasteiger charge is 2.27. The van der Waals surface area contributed by atoms with Gasteiger partial charge in [0.15, 0.2) is 23.3 Å². The van der Waals surface area contributed by atoms with Crippen LogP contribution in [0.5, 0.6) is 0 Å². The number of carbonyl (C=O) groups excluding carboxylic acids is 1. The highest BCUT2D eigenvalue weighted by atomic mass is 28.4. The summed E-state index contributed by atoms with van der Waals surface area (Å²) in [7, 11) is -4.27. The number of amides is 2. The highest BCUT2D eigenvalue weighted by Crippen LogP contribution is 2.26. The summed E-state index contributed by atoms with van der Waals surface area (Å²) < 4.78 is 65.0. The Bertz CT molecular complexity index is 552. The normalized spacial score (nSPS) is 11.5. The molecule has 22 heavy (non-hydrogen) atoms. The quantitative estimate of drug-likeness (QED) is 0.179. The minimum Gasteiger partial charge on any atom is -0.390 e. The summed E-state index contributed by atoms with van der Waals surface area (Å²) in [4.78, 5) is 37.3. The lowest BCUT2D eigenvalue weighted by Crippen LogP contribution is -2.36. The van der Waals surface area contributed by atoms with Gasteiger partial charge in [0, 0.05) is 12.6 Å². The predicted octanol–water partition coefficient (Wildman–Crippen LogP) is 0.809. The molecular weight excluding hydrogens is 335 g/mol. The monoisotopic (exact) mass is 346 g/mol. The van der Waals surface area contributed by atoms with Gasteiger partial charge >= 0.3 is 14.8 Å². The van der Waals surface area contributed by atoms with Crippen molar-refractivity contribution in [2.75, 3.05) is 11.9 Å². The minimum atomic E-state index is -4.27. The number of benzene rings is 1. The molecule has 0 atom stereocenters. The Morgan fingerprint density at radius 2 is 1.36 bits per heavy atom. The summed E-state index contributed by atoms with van der Waals surface area (Å²) in [6.07, 6.45) is -0.0831. The molecule has 0 aromatic heterocycles. The molecule has 6 nitrogen and oxygen atoms in total. The van der Waals surface area contributed by atoms with E-state index in [4.69, 9.17) is 14.4 Å². The molecule has 0 spiro atoms. The SMILES string of the molecule is O=C(NCCC[Si](O)(O)O)Nc1c(F)c(F)c(F)c(F)c1F. The van der Waals surface area contributed by atoms with Gasteiger partial charge in [-0.05, 0) is 6.42 Å². The van der Waals surface area contributed by atoms with Crippen LogP contribution in [0.4, 0.5) is 32.4 Å². The van der Waals surface area contributed by atoms with Crippen LogP contribution >= 0.6 is 0 Å². The van der Waals surface area contributed by atoms with Gasteiger partial charge in [0.1, 0.15) is 5.69 Å². The molecule has 0 aliphatic heterocycles. The van der Waals surface area contributed by atoms with Crippen LogP contribution in [-0.4, -0.2) is 35.8 Å². The smallest absolute Gasteiger partial charge is 0.390 e. The number of nitrogens with one attached hydrogen (secondary N) is 2.